The molecule has 0 radical (unpaired) electrons. The van der Waals surface area contributed by atoms with Crippen molar-refractivity contribution < 1.29 is 4.39 Å². The first kappa shape index (κ1) is 14.8. The molecule has 1 unspecified atom stereocenters. The Kier molecular flexibility index (Phi) is 5.20. The predicted molar refractivity (Wildman–Crippen MR) is 78.0 cm³/mol. The van der Waals surface area contributed by atoms with Crippen LogP contribution in [0.3, 0.4) is 0 Å². The third-order valence-corrected chi connectivity index (χ3v) is 4.34. The molecule has 1 heterocycles. The SMILES string of the molecule is CCN(CC)C1CCN(Cc2ccc(F)cc2Cl)C1. The van der Waals surface area contributed by atoms with Crippen LogP contribution in [-0.4, -0.2) is 42.0 Å². The topological polar surface area (TPSA) is 6.48 Å². The van der Waals surface area contributed by atoms with Gasteiger partial charge in [-0.05, 0) is 37.2 Å². The number of rotatable bonds is 5. The van der Waals surface area contributed by atoms with Gasteiger partial charge in [-0.3, -0.25) is 9.80 Å². The third kappa shape index (κ3) is 3.68. The van der Waals surface area contributed by atoms with Crippen molar-refractivity contribution >= 4 is 11.6 Å². The van der Waals surface area contributed by atoms with Crippen molar-refractivity contribution in [2.75, 3.05) is 26.2 Å². The lowest BCUT2D eigenvalue weighted by Crippen LogP contribution is -2.37. The van der Waals surface area contributed by atoms with Crippen molar-refractivity contribution in [1.82, 2.24) is 9.80 Å². The molecule has 4 heteroatoms. The van der Waals surface area contributed by atoms with Gasteiger partial charge in [-0.15, -0.1) is 0 Å². The van der Waals surface area contributed by atoms with Crippen molar-refractivity contribution in [1.29, 1.82) is 0 Å². The van der Waals surface area contributed by atoms with Gasteiger partial charge < -0.3 is 0 Å². The Morgan fingerprint density at radius 2 is 2.11 bits per heavy atom. The summed E-state index contributed by atoms with van der Waals surface area (Å²) in [5, 5.41) is 0.534. The minimum atomic E-state index is -0.267. The van der Waals surface area contributed by atoms with Crippen molar-refractivity contribution in [3.8, 4) is 0 Å². The van der Waals surface area contributed by atoms with Gasteiger partial charge in [0.05, 0.1) is 0 Å². The molecule has 1 atom stereocenters. The van der Waals surface area contributed by atoms with E-state index in [-0.39, 0.29) is 5.82 Å². The summed E-state index contributed by atoms with van der Waals surface area (Å²) in [6.45, 7) is 9.62. The highest BCUT2D eigenvalue weighted by Gasteiger charge is 2.26. The van der Waals surface area contributed by atoms with Crippen molar-refractivity contribution in [3.05, 3.63) is 34.6 Å². The van der Waals surface area contributed by atoms with Crippen molar-refractivity contribution in [2.24, 2.45) is 0 Å². The van der Waals surface area contributed by atoms with Gasteiger partial charge >= 0.3 is 0 Å². The van der Waals surface area contributed by atoms with Crippen LogP contribution in [0.15, 0.2) is 18.2 Å². The molecule has 19 heavy (non-hydrogen) atoms. The second-order valence-electron chi connectivity index (χ2n) is 5.13. The molecule has 1 aliphatic rings. The normalized spacial score (nSPS) is 20.4. The molecule has 0 amide bonds. The number of hydrogen-bond donors (Lipinski definition) is 0. The maximum absolute atomic E-state index is 13.0. The number of nitrogens with zero attached hydrogens (tertiary/aromatic N) is 2. The Morgan fingerprint density at radius 3 is 2.74 bits per heavy atom. The van der Waals surface area contributed by atoms with Gasteiger partial charge in [-0.25, -0.2) is 4.39 Å². The summed E-state index contributed by atoms with van der Waals surface area (Å²) in [5.41, 5.74) is 1.02. The highest BCUT2D eigenvalue weighted by molar-refractivity contribution is 6.31. The van der Waals surface area contributed by atoms with Crippen LogP contribution in [0, 0.1) is 5.82 Å². The lowest BCUT2D eigenvalue weighted by molar-refractivity contribution is 0.209. The van der Waals surface area contributed by atoms with Crippen LogP contribution < -0.4 is 0 Å². The van der Waals surface area contributed by atoms with Crippen molar-refractivity contribution in [3.63, 3.8) is 0 Å². The van der Waals surface area contributed by atoms with Crippen LogP contribution in [0.4, 0.5) is 4.39 Å². The van der Waals surface area contributed by atoms with E-state index < -0.39 is 0 Å². The molecule has 0 aromatic heterocycles. The number of hydrogen-bond acceptors (Lipinski definition) is 2. The molecule has 1 aliphatic heterocycles. The van der Waals surface area contributed by atoms with Crippen LogP contribution in [0.1, 0.15) is 25.8 Å². The van der Waals surface area contributed by atoms with Gasteiger partial charge in [-0.2, -0.15) is 0 Å². The molecule has 2 rings (SSSR count). The average molecular weight is 285 g/mol. The Bertz CT molecular complexity index is 421. The van der Waals surface area contributed by atoms with E-state index in [1.807, 2.05) is 0 Å². The molecular formula is C15H22ClFN2. The monoisotopic (exact) mass is 284 g/mol. The third-order valence-electron chi connectivity index (χ3n) is 3.99. The highest BCUT2D eigenvalue weighted by Crippen LogP contribution is 2.22. The van der Waals surface area contributed by atoms with Gasteiger partial charge in [0.2, 0.25) is 0 Å². The van der Waals surface area contributed by atoms with Crippen LogP contribution >= 0.6 is 11.6 Å². The summed E-state index contributed by atoms with van der Waals surface area (Å²) >= 11 is 6.08. The van der Waals surface area contributed by atoms with Gasteiger partial charge in [-0.1, -0.05) is 31.5 Å². The molecule has 0 aliphatic carbocycles. The van der Waals surface area contributed by atoms with E-state index in [4.69, 9.17) is 11.6 Å². The van der Waals surface area contributed by atoms with Gasteiger partial charge in [0.25, 0.3) is 0 Å². The predicted octanol–water partition coefficient (Wildman–Crippen LogP) is 3.40. The number of likely N-dealkylation sites (tertiary alicyclic amines) is 1. The summed E-state index contributed by atoms with van der Waals surface area (Å²) in [6, 6.07) is 5.32. The van der Waals surface area contributed by atoms with E-state index >= 15 is 0 Å². The van der Waals surface area contributed by atoms with E-state index in [2.05, 4.69) is 23.6 Å². The summed E-state index contributed by atoms with van der Waals surface area (Å²) in [6.07, 6.45) is 1.21. The van der Waals surface area contributed by atoms with Crippen molar-refractivity contribution in [2.45, 2.75) is 32.9 Å². The number of likely N-dealkylation sites (N-methyl/N-ethyl adjacent to an activating group) is 1. The average Bonchev–Trinajstić information content (AvgIpc) is 2.83. The smallest absolute Gasteiger partial charge is 0.124 e. The fraction of sp³-hybridized carbons (Fsp3) is 0.600. The summed E-state index contributed by atoms with van der Waals surface area (Å²) in [5.74, 6) is -0.267. The van der Waals surface area contributed by atoms with E-state index in [0.29, 0.717) is 11.1 Å². The minimum Gasteiger partial charge on any atom is -0.300 e. The first-order chi connectivity index (χ1) is 9.13. The molecule has 1 aromatic rings. The zero-order valence-electron chi connectivity index (χ0n) is 11.7. The maximum atomic E-state index is 13.0. The van der Waals surface area contributed by atoms with Gasteiger partial charge in [0, 0.05) is 30.7 Å². The Hall–Kier alpha value is -0.640. The van der Waals surface area contributed by atoms with Crippen LogP contribution in [0.25, 0.3) is 0 Å². The highest BCUT2D eigenvalue weighted by atomic mass is 35.5. The fourth-order valence-electron chi connectivity index (χ4n) is 2.88. The second kappa shape index (κ2) is 6.69. The number of halogens is 2. The molecule has 1 fully saturated rings. The molecule has 0 spiro atoms. The van der Waals surface area contributed by atoms with E-state index in [1.54, 1.807) is 6.07 Å². The number of benzene rings is 1. The standard InChI is InChI=1S/C15H22ClFN2/c1-3-19(4-2)14-7-8-18(11-14)10-12-5-6-13(17)9-15(12)16/h5-6,9,14H,3-4,7-8,10-11H2,1-2H3. The van der Waals surface area contributed by atoms with Gasteiger partial charge in [0.15, 0.2) is 0 Å². The molecule has 1 aromatic carbocycles. The molecule has 2 nitrogen and oxygen atoms in total. The van der Waals surface area contributed by atoms with Crippen LogP contribution in [0.5, 0.6) is 0 Å². The lowest BCUT2D eigenvalue weighted by Gasteiger charge is -2.26. The summed E-state index contributed by atoms with van der Waals surface area (Å²) in [4.78, 5) is 4.91. The molecule has 106 valence electrons. The van der Waals surface area contributed by atoms with Crippen LogP contribution in [0.2, 0.25) is 5.02 Å². The fourth-order valence-corrected chi connectivity index (χ4v) is 3.11. The first-order valence-corrected chi connectivity index (χ1v) is 7.42. The van der Waals surface area contributed by atoms with E-state index in [0.717, 1.165) is 38.3 Å². The van der Waals surface area contributed by atoms with Gasteiger partial charge in [0.1, 0.15) is 5.82 Å². The Labute approximate surface area is 120 Å². The molecule has 0 N–H and O–H groups in total. The zero-order valence-corrected chi connectivity index (χ0v) is 12.5. The zero-order chi connectivity index (χ0) is 13.8. The second-order valence-corrected chi connectivity index (χ2v) is 5.54. The summed E-state index contributed by atoms with van der Waals surface area (Å²) < 4.78 is 13.0. The van der Waals surface area contributed by atoms with Crippen LogP contribution in [-0.2, 0) is 6.54 Å². The molecule has 1 saturated heterocycles. The molecular weight excluding hydrogens is 263 g/mol. The minimum absolute atomic E-state index is 0.267. The first-order valence-electron chi connectivity index (χ1n) is 7.04. The Balaban J connectivity index is 1.94. The quantitative estimate of drug-likeness (QED) is 0.818. The summed E-state index contributed by atoms with van der Waals surface area (Å²) in [7, 11) is 0. The molecule has 0 saturated carbocycles. The lowest BCUT2D eigenvalue weighted by atomic mass is 10.2. The van der Waals surface area contributed by atoms with E-state index in [9.17, 15) is 4.39 Å². The van der Waals surface area contributed by atoms with E-state index in [1.165, 1.54) is 18.6 Å². The molecule has 0 bridgehead atoms. The maximum Gasteiger partial charge on any atom is 0.124 e. The Morgan fingerprint density at radius 1 is 1.37 bits per heavy atom. The largest absolute Gasteiger partial charge is 0.300 e.